The van der Waals surface area contributed by atoms with E-state index in [0.717, 1.165) is 0 Å². The van der Waals surface area contributed by atoms with Gasteiger partial charge >= 0.3 is 5.97 Å². The minimum Gasteiger partial charge on any atom is -0.481 e. The van der Waals surface area contributed by atoms with Gasteiger partial charge < -0.3 is 10.4 Å². The summed E-state index contributed by atoms with van der Waals surface area (Å²) in [5.41, 5.74) is 0.145. The fourth-order valence-corrected chi connectivity index (χ4v) is 1.67. The lowest BCUT2D eigenvalue weighted by molar-refractivity contribution is -0.137. The van der Waals surface area contributed by atoms with Crippen LogP contribution in [0, 0.1) is 5.92 Å². The Morgan fingerprint density at radius 3 is 2.74 bits per heavy atom. The summed E-state index contributed by atoms with van der Waals surface area (Å²) in [5.74, 6) is -1.22. The van der Waals surface area contributed by atoms with Gasteiger partial charge in [-0.1, -0.05) is 30.1 Å². The molecule has 1 aromatic heterocycles. The second kappa shape index (κ2) is 7.25. The number of halogens is 2. The number of hydrogen-bond acceptors (Lipinski definition) is 4. The van der Waals surface area contributed by atoms with Gasteiger partial charge in [-0.05, 0) is 18.4 Å². The first-order valence-corrected chi connectivity index (χ1v) is 6.34. The summed E-state index contributed by atoms with van der Waals surface area (Å²) < 4.78 is 0. The van der Waals surface area contributed by atoms with Crippen molar-refractivity contribution in [2.24, 2.45) is 5.92 Å². The molecule has 0 saturated carbocycles. The second-order valence-corrected chi connectivity index (χ2v) is 4.86. The van der Waals surface area contributed by atoms with Crippen molar-refractivity contribution in [2.45, 2.75) is 19.8 Å². The number of hydrogen-bond donors (Lipinski definition) is 2. The van der Waals surface area contributed by atoms with Gasteiger partial charge in [0, 0.05) is 13.0 Å². The number of aromatic nitrogens is 2. The van der Waals surface area contributed by atoms with E-state index in [0.29, 0.717) is 13.0 Å². The molecule has 0 fully saturated rings. The van der Waals surface area contributed by atoms with E-state index in [1.165, 1.54) is 6.07 Å². The van der Waals surface area contributed by atoms with E-state index in [2.05, 4.69) is 15.5 Å². The van der Waals surface area contributed by atoms with Crippen molar-refractivity contribution in [3.63, 3.8) is 0 Å². The van der Waals surface area contributed by atoms with Crippen LogP contribution < -0.4 is 5.32 Å². The number of rotatable bonds is 6. The van der Waals surface area contributed by atoms with Crippen molar-refractivity contribution in [1.82, 2.24) is 15.5 Å². The van der Waals surface area contributed by atoms with Crippen molar-refractivity contribution in [3.8, 4) is 0 Å². The normalized spacial score (nSPS) is 11.9. The summed E-state index contributed by atoms with van der Waals surface area (Å²) in [7, 11) is 0. The summed E-state index contributed by atoms with van der Waals surface area (Å²) in [6.45, 7) is 2.20. The molecular weight excluding hydrogens is 293 g/mol. The highest BCUT2D eigenvalue weighted by molar-refractivity contribution is 6.34. The molecule has 0 spiro atoms. The van der Waals surface area contributed by atoms with E-state index in [4.69, 9.17) is 28.3 Å². The van der Waals surface area contributed by atoms with Crippen LogP contribution in [0.1, 0.15) is 30.1 Å². The fourth-order valence-electron chi connectivity index (χ4n) is 1.35. The molecule has 2 N–H and O–H groups in total. The predicted molar refractivity (Wildman–Crippen MR) is 70.4 cm³/mol. The average molecular weight is 306 g/mol. The van der Waals surface area contributed by atoms with Gasteiger partial charge in [0.25, 0.3) is 5.91 Å². The van der Waals surface area contributed by atoms with Crippen LogP contribution in [0.2, 0.25) is 10.3 Å². The van der Waals surface area contributed by atoms with Crippen LogP contribution in [0.3, 0.4) is 0 Å². The van der Waals surface area contributed by atoms with Crippen molar-refractivity contribution in [1.29, 1.82) is 0 Å². The minimum absolute atomic E-state index is 0.0277. The Morgan fingerprint density at radius 2 is 2.11 bits per heavy atom. The van der Waals surface area contributed by atoms with E-state index < -0.39 is 11.9 Å². The Hall–Kier alpha value is -1.40. The quantitative estimate of drug-likeness (QED) is 0.838. The van der Waals surface area contributed by atoms with Gasteiger partial charge in [0.15, 0.2) is 10.3 Å². The zero-order valence-electron chi connectivity index (χ0n) is 10.2. The first-order chi connectivity index (χ1) is 8.90. The van der Waals surface area contributed by atoms with Crippen molar-refractivity contribution < 1.29 is 14.7 Å². The Morgan fingerprint density at radius 1 is 1.42 bits per heavy atom. The zero-order valence-corrected chi connectivity index (χ0v) is 11.7. The first-order valence-electron chi connectivity index (χ1n) is 5.59. The smallest absolute Gasteiger partial charge is 0.303 e. The summed E-state index contributed by atoms with van der Waals surface area (Å²) in [6, 6.07) is 1.33. The topological polar surface area (TPSA) is 92.2 Å². The van der Waals surface area contributed by atoms with E-state index in [1.54, 1.807) is 0 Å². The lowest BCUT2D eigenvalue weighted by Crippen LogP contribution is -2.29. The number of amides is 1. The number of carbonyl (C=O) groups is 2. The maximum atomic E-state index is 11.8. The van der Waals surface area contributed by atoms with E-state index in [9.17, 15) is 9.59 Å². The van der Waals surface area contributed by atoms with Crippen LogP contribution in [0.15, 0.2) is 6.07 Å². The highest BCUT2D eigenvalue weighted by Crippen LogP contribution is 2.15. The summed E-state index contributed by atoms with van der Waals surface area (Å²) in [4.78, 5) is 22.2. The third-order valence-corrected chi connectivity index (χ3v) is 2.89. The number of carboxylic acid groups (broad SMARTS) is 1. The number of nitrogens with zero attached hydrogens (tertiary/aromatic N) is 2. The van der Waals surface area contributed by atoms with Crippen LogP contribution in [0.25, 0.3) is 0 Å². The van der Waals surface area contributed by atoms with Crippen LogP contribution in [0.5, 0.6) is 0 Å². The van der Waals surface area contributed by atoms with E-state index in [1.807, 2.05) is 6.92 Å². The molecule has 0 radical (unpaired) electrons. The molecule has 0 aromatic carbocycles. The molecule has 19 heavy (non-hydrogen) atoms. The Labute approximate surface area is 120 Å². The van der Waals surface area contributed by atoms with Gasteiger partial charge in [-0.15, -0.1) is 10.2 Å². The van der Waals surface area contributed by atoms with Crippen molar-refractivity contribution >= 4 is 35.1 Å². The molecule has 0 bridgehead atoms. The minimum atomic E-state index is -0.855. The van der Waals surface area contributed by atoms with Crippen LogP contribution >= 0.6 is 23.2 Å². The molecule has 0 aliphatic heterocycles. The maximum absolute atomic E-state index is 11.8. The van der Waals surface area contributed by atoms with E-state index in [-0.39, 0.29) is 28.2 Å². The largest absolute Gasteiger partial charge is 0.481 e. The number of carbonyl (C=O) groups excluding carboxylic acids is 1. The third-order valence-electron chi connectivity index (χ3n) is 2.43. The molecule has 0 aliphatic carbocycles. The highest BCUT2D eigenvalue weighted by atomic mass is 35.5. The molecule has 1 heterocycles. The molecule has 1 aromatic rings. The molecule has 8 heteroatoms. The highest BCUT2D eigenvalue weighted by Gasteiger charge is 2.14. The molecule has 0 saturated heterocycles. The molecule has 1 amide bonds. The molecule has 6 nitrogen and oxygen atoms in total. The van der Waals surface area contributed by atoms with Gasteiger partial charge in [0.1, 0.15) is 0 Å². The molecule has 1 atom stereocenters. The monoisotopic (exact) mass is 305 g/mol. The number of aliphatic carboxylic acids is 1. The van der Waals surface area contributed by atoms with Gasteiger partial charge in [-0.3, -0.25) is 9.59 Å². The molecule has 104 valence electrons. The summed E-state index contributed by atoms with van der Waals surface area (Å²) in [6.07, 6.45) is 0.555. The lowest BCUT2D eigenvalue weighted by Gasteiger charge is -2.11. The van der Waals surface area contributed by atoms with E-state index >= 15 is 0 Å². The van der Waals surface area contributed by atoms with Crippen molar-refractivity contribution in [2.75, 3.05) is 6.54 Å². The number of carboxylic acids is 1. The standard InChI is InChI=1S/C11H13Cl2N3O3/c1-6(2-3-9(17)18)5-14-11(19)7-4-8(12)15-16-10(7)13/h4,6H,2-3,5H2,1H3,(H,14,19)(H,17,18). The first kappa shape index (κ1) is 15.7. The van der Waals surface area contributed by atoms with Gasteiger partial charge in [0.05, 0.1) is 5.56 Å². The third kappa shape index (κ3) is 5.40. The zero-order chi connectivity index (χ0) is 14.4. The lowest BCUT2D eigenvalue weighted by atomic mass is 10.1. The van der Waals surface area contributed by atoms with Crippen molar-refractivity contribution in [3.05, 3.63) is 21.9 Å². The van der Waals surface area contributed by atoms with Gasteiger partial charge in [-0.25, -0.2) is 0 Å². The summed E-state index contributed by atoms with van der Waals surface area (Å²) >= 11 is 11.4. The van der Waals surface area contributed by atoms with Crippen LogP contribution in [-0.4, -0.2) is 33.7 Å². The molecular formula is C11H13Cl2N3O3. The molecule has 1 rings (SSSR count). The SMILES string of the molecule is CC(CCC(=O)O)CNC(=O)c1cc(Cl)nnc1Cl. The Bertz CT molecular complexity index is 482. The average Bonchev–Trinajstić information content (AvgIpc) is 2.36. The fraction of sp³-hybridized carbons (Fsp3) is 0.455. The van der Waals surface area contributed by atoms with Gasteiger partial charge in [-0.2, -0.15) is 0 Å². The summed E-state index contributed by atoms with van der Waals surface area (Å²) in [5, 5.41) is 18.3. The van der Waals surface area contributed by atoms with Crippen LogP contribution in [0.4, 0.5) is 0 Å². The number of nitrogens with one attached hydrogen (secondary N) is 1. The second-order valence-electron chi connectivity index (χ2n) is 4.12. The molecule has 1 unspecified atom stereocenters. The molecule has 0 aliphatic rings. The van der Waals surface area contributed by atoms with Gasteiger partial charge in [0.2, 0.25) is 0 Å². The maximum Gasteiger partial charge on any atom is 0.303 e. The Balaban J connectivity index is 2.51. The van der Waals surface area contributed by atoms with Crippen LogP contribution in [-0.2, 0) is 4.79 Å². The predicted octanol–water partition coefficient (Wildman–Crippen LogP) is 2.01. The Kier molecular flexibility index (Phi) is 5.98.